The number of fused-ring (bicyclic) bond motifs is 1. The van der Waals surface area contributed by atoms with E-state index in [1.807, 2.05) is 0 Å². The van der Waals surface area contributed by atoms with Crippen LogP contribution in [0.4, 0.5) is 18.9 Å². The van der Waals surface area contributed by atoms with Gasteiger partial charge in [0.1, 0.15) is 11.4 Å². The van der Waals surface area contributed by atoms with Crippen LogP contribution in [0.1, 0.15) is 16.1 Å². The minimum absolute atomic E-state index is 0.00108. The fourth-order valence-electron chi connectivity index (χ4n) is 3.19. The number of hydrogen-bond donors (Lipinski definition) is 2. The van der Waals surface area contributed by atoms with E-state index in [0.29, 0.717) is 11.1 Å². The molecule has 4 aromatic rings. The van der Waals surface area contributed by atoms with Crippen LogP contribution in [0.25, 0.3) is 10.9 Å². The summed E-state index contributed by atoms with van der Waals surface area (Å²) in [5, 5.41) is 11.7. The number of carbonyl (C=O) groups excluding carboxylic acids is 1. The van der Waals surface area contributed by atoms with Gasteiger partial charge in [-0.3, -0.25) is 14.2 Å². The Morgan fingerprint density at radius 2 is 1.86 bits per heavy atom. The van der Waals surface area contributed by atoms with E-state index in [2.05, 4.69) is 20.0 Å². The van der Waals surface area contributed by atoms with Crippen molar-refractivity contribution in [3.8, 4) is 11.5 Å². The first kappa shape index (κ1) is 24.3. The summed E-state index contributed by atoms with van der Waals surface area (Å²) in [5.74, 6) is -1.60. The molecule has 0 atom stereocenters. The van der Waals surface area contributed by atoms with Crippen LogP contribution in [0.5, 0.6) is 11.5 Å². The van der Waals surface area contributed by atoms with Crippen molar-refractivity contribution in [3.63, 3.8) is 0 Å². The summed E-state index contributed by atoms with van der Waals surface area (Å²) in [4.78, 5) is 33.9. The van der Waals surface area contributed by atoms with Gasteiger partial charge in [-0.05, 0) is 35.9 Å². The van der Waals surface area contributed by atoms with E-state index < -0.39 is 29.3 Å². The normalized spacial score (nSPS) is 11.5. The molecule has 2 heterocycles. The molecule has 0 spiro atoms. The third-order valence-electron chi connectivity index (χ3n) is 4.75. The minimum Gasteiger partial charge on any atom is -0.504 e. The molecule has 0 aliphatic heterocycles. The number of benzene rings is 2. The highest BCUT2D eigenvalue weighted by atomic mass is 35.5. The predicted octanol–water partition coefficient (Wildman–Crippen LogP) is 5.00. The summed E-state index contributed by atoms with van der Waals surface area (Å²) in [6, 6.07) is 10.8. The molecule has 2 aromatic carbocycles. The van der Waals surface area contributed by atoms with E-state index in [1.165, 1.54) is 29.1 Å². The third kappa shape index (κ3) is 5.47. The Balaban J connectivity index is 1.64. The molecule has 0 unspecified atom stereocenters. The number of anilines is 1. The number of alkyl halides is 3. The Morgan fingerprint density at radius 3 is 2.51 bits per heavy atom. The number of aromatic nitrogens is 3. The topological polar surface area (TPSA) is 106 Å². The van der Waals surface area contributed by atoms with Gasteiger partial charge in [-0.2, -0.15) is 0 Å². The average Bonchev–Trinajstić information content (AvgIpc) is 2.79. The number of ether oxygens (including phenoxy) is 1. The van der Waals surface area contributed by atoms with Crippen molar-refractivity contribution in [2.75, 3.05) is 5.32 Å². The molecule has 8 nitrogen and oxygen atoms in total. The van der Waals surface area contributed by atoms with Crippen LogP contribution in [0.15, 0.2) is 59.7 Å². The Hall–Kier alpha value is -3.83. The number of rotatable bonds is 5. The quantitative estimate of drug-likeness (QED) is 0.355. The Labute approximate surface area is 204 Å². The lowest BCUT2D eigenvalue weighted by atomic mass is 10.2. The van der Waals surface area contributed by atoms with Crippen LogP contribution in [0, 0.1) is 0 Å². The maximum atomic E-state index is 13.2. The highest BCUT2D eigenvalue weighted by Gasteiger charge is 2.31. The highest BCUT2D eigenvalue weighted by Crippen LogP contribution is 2.30. The maximum absolute atomic E-state index is 13.2. The molecule has 2 N–H and O–H groups in total. The van der Waals surface area contributed by atoms with E-state index in [9.17, 15) is 27.9 Å². The zero-order chi connectivity index (χ0) is 25.3. The van der Waals surface area contributed by atoms with Crippen molar-refractivity contribution < 1.29 is 27.8 Å². The smallest absolute Gasteiger partial charge is 0.504 e. The molecule has 0 aliphatic rings. The summed E-state index contributed by atoms with van der Waals surface area (Å²) < 4.78 is 42.1. The fourth-order valence-corrected chi connectivity index (χ4v) is 3.63. The van der Waals surface area contributed by atoms with Gasteiger partial charge in [-0.15, -0.1) is 13.2 Å². The van der Waals surface area contributed by atoms with Crippen LogP contribution >= 0.6 is 23.2 Å². The Bertz CT molecular complexity index is 1470. The van der Waals surface area contributed by atoms with E-state index in [1.54, 1.807) is 12.1 Å². The maximum Gasteiger partial charge on any atom is 0.573 e. The zero-order valence-corrected chi connectivity index (χ0v) is 18.8. The fraction of sp³-hybridized carbons (Fsp3) is 0.0909. The summed E-state index contributed by atoms with van der Waals surface area (Å²) in [6.45, 7) is 0.00108. The summed E-state index contributed by atoms with van der Waals surface area (Å²) >= 11 is 11.6. The molecule has 0 saturated carbocycles. The van der Waals surface area contributed by atoms with Crippen LogP contribution in [-0.4, -0.2) is 31.9 Å². The molecule has 0 radical (unpaired) electrons. The summed E-state index contributed by atoms with van der Waals surface area (Å²) in [5.41, 5.74) is 0.251. The highest BCUT2D eigenvalue weighted by molar-refractivity contribution is 6.36. The number of halogens is 5. The van der Waals surface area contributed by atoms with E-state index in [0.717, 1.165) is 18.2 Å². The van der Waals surface area contributed by atoms with E-state index in [-0.39, 0.29) is 33.5 Å². The first-order valence-corrected chi connectivity index (χ1v) is 10.5. The van der Waals surface area contributed by atoms with Gasteiger partial charge in [0.15, 0.2) is 10.9 Å². The summed E-state index contributed by atoms with van der Waals surface area (Å²) in [6.07, 6.45) is -3.52. The zero-order valence-electron chi connectivity index (χ0n) is 17.3. The van der Waals surface area contributed by atoms with Gasteiger partial charge < -0.3 is 15.2 Å². The van der Waals surface area contributed by atoms with E-state index >= 15 is 0 Å². The number of nitrogens with zero attached hydrogens (tertiary/aromatic N) is 3. The standard InChI is InChI=1S/C22H13Cl2F3N4O4/c23-13-8-16(29-19(24)18(13)32)20(33)30-15-3-1-2-14-17(15)21(34)31(10-28-14)9-11-4-6-12(7-5-11)35-22(25,26)27/h1-8,10,32H,9H2,(H,30,33). The number of pyridine rings is 1. The molecule has 180 valence electrons. The largest absolute Gasteiger partial charge is 0.573 e. The van der Waals surface area contributed by atoms with Crippen molar-refractivity contribution >= 4 is 45.7 Å². The number of aromatic hydroxyl groups is 1. The molecular weight excluding hydrogens is 512 g/mol. The average molecular weight is 525 g/mol. The minimum atomic E-state index is -4.81. The lowest BCUT2D eigenvalue weighted by Crippen LogP contribution is -2.23. The van der Waals surface area contributed by atoms with Gasteiger partial charge in [0.05, 0.1) is 34.5 Å². The molecule has 0 fully saturated rings. The molecule has 1 amide bonds. The van der Waals surface area contributed by atoms with Crippen LogP contribution in [-0.2, 0) is 6.54 Å². The summed E-state index contributed by atoms with van der Waals surface area (Å²) in [7, 11) is 0. The van der Waals surface area contributed by atoms with Crippen molar-refractivity contribution in [3.05, 3.63) is 86.6 Å². The van der Waals surface area contributed by atoms with Gasteiger partial charge in [0.2, 0.25) is 0 Å². The van der Waals surface area contributed by atoms with Crippen molar-refractivity contribution in [1.82, 2.24) is 14.5 Å². The molecule has 35 heavy (non-hydrogen) atoms. The molecule has 0 aliphatic carbocycles. The van der Waals surface area contributed by atoms with Gasteiger partial charge in [-0.1, -0.05) is 41.4 Å². The third-order valence-corrected chi connectivity index (χ3v) is 5.30. The SMILES string of the molecule is O=C(Nc1cccc2ncn(Cc3ccc(OC(F)(F)F)cc3)c(=O)c12)c1cc(Cl)c(O)c(Cl)n1. The Morgan fingerprint density at radius 1 is 1.14 bits per heavy atom. The molecule has 2 aromatic heterocycles. The number of amides is 1. The van der Waals surface area contributed by atoms with Crippen LogP contribution in [0.3, 0.4) is 0 Å². The molecular formula is C22H13Cl2F3N4O4. The number of hydrogen-bond acceptors (Lipinski definition) is 6. The Kier molecular flexibility index (Phi) is 6.55. The van der Waals surface area contributed by atoms with Crippen molar-refractivity contribution in [2.45, 2.75) is 12.9 Å². The van der Waals surface area contributed by atoms with Crippen LogP contribution in [0.2, 0.25) is 10.2 Å². The van der Waals surface area contributed by atoms with Gasteiger partial charge in [0, 0.05) is 0 Å². The first-order chi connectivity index (χ1) is 16.5. The number of carbonyl (C=O) groups is 1. The predicted molar refractivity (Wildman–Crippen MR) is 122 cm³/mol. The second-order valence-corrected chi connectivity index (χ2v) is 7.92. The van der Waals surface area contributed by atoms with Gasteiger partial charge in [-0.25, -0.2) is 9.97 Å². The first-order valence-electron chi connectivity index (χ1n) is 9.71. The lowest BCUT2D eigenvalue weighted by Gasteiger charge is -2.12. The lowest BCUT2D eigenvalue weighted by molar-refractivity contribution is -0.274. The monoisotopic (exact) mass is 524 g/mol. The van der Waals surface area contributed by atoms with Gasteiger partial charge in [0.25, 0.3) is 11.5 Å². The van der Waals surface area contributed by atoms with Crippen LogP contribution < -0.4 is 15.6 Å². The molecule has 4 rings (SSSR count). The van der Waals surface area contributed by atoms with E-state index in [4.69, 9.17) is 23.2 Å². The molecule has 13 heteroatoms. The second-order valence-electron chi connectivity index (χ2n) is 7.15. The van der Waals surface area contributed by atoms with Crippen molar-refractivity contribution in [1.29, 1.82) is 0 Å². The second kappa shape index (κ2) is 9.43. The van der Waals surface area contributed by atoms with Crippen molar-refractivity contribution in [2.24, 2.45) is 0 Å². The van der Waals surface area contributed by atoms with Gasteiger partial charge >= 0.3 is 6.36 Å². The number of nitrogens with one attached hydrogen (secondary N) is 1. The molecule has 0 bridgehead atoms. The molecule has 0 saturated heterocycles.